The van der Waals surface area contributed by atoms with Crippen LogP contribution in [0.15, 0.2) is 18.2 Å². The van der Waals surface area contributed by atoms with Crippen molar-refractivity contribution in [1.82, 2.24) is 0 Å². The van der Waals surface area contributed by atoms with Gasteiger partial charge in [0.25, 0.3) is 0 Å². The van der Waals surface area contributed by atoms with Crippen LogP contribution in [-0.4, -0.2) is 25.8 Å². The summed E-state index contributed by atoms with van der Waals surface area (Å²) < 4.78 is 5.87. The van der Waals surface area contributed by atoms with Crippen molar-refractivity contribution >= 4 is 11.4 Å². The van der Waals surface area contributed by atoms with Crippen LogP contribution in [0.5, 0.6) is 0 Å². The second-order valence-corrected chi connectivity index (χ2v) is 5.09. The summed E-state index contributed by atoms with van der Waals surface area (Å²) in [5, 5.41) is 0. The summed E-state index contributed by atoms with van der Waals surface area (Å²) in [6, 6.07) is 6.26. The highest BCUT2D eigenvalue weighted by Gasteiger charge is 2.21. The quantitative estimate of drug-likeness (QED) is 0.833. The molecule has 3 heteroatoms. The second-order valence-electron chi connectivity index (χ2n) is 5.09. The number of rotatable bonds is 4. The van der Waals surface area contributed by atoms with Crippen LogP contribution in [-0.2, 0) is 4.74 Å². The molecule has 1 atom stereocenters. The molecule has 1 aliphatic heterocycles. The van der Waals surface area contributed by atoms with Crippen molar-refractivity contribution in [1.29, 1.82) is 0 Å². The van der Waals surface area contributed by atoms with E-state index < -0.39 is 0 Å². The molecule has 2 N–H and O–H groups in total. The molecular formula is C15H24N2O. The lowest BCUT2D eigenvalue weighted by atomic mass is 10.1. The van der Waals surface area contributed by atoms with Gasteiger partial charge in [0.05, 0.1) is 17.5 Å². The molecule has 0 spiro atoms. The molecule has 1 fully saturated rings. The zero-order chi connectivity index (χ0) is 13.0. The van der Waals surface area contributed by atoms with Gasteiger partial charge in [-0.2, -0.15) is 0 Å². The average Bonchev–Trinajstić information content (AvgIpc) is 2.40. The smallest absolute Gasteiger partial charge is 0.0750 e. The molecule has 1 aliphatic rings. The molecule has 1 heterocycles. The molecule has 0 saturated carbocycles. The minimum atomic E-state index is 0.360. The lowest BCUT2D eigenvalue weighted by molar-refractivity contribution is 0.0441. The van der Waals surface area contributed by atoms with Gasteiger partial charge < -0.3 is 15.4 Å². The van der Waals surface area contributed by atoms with E-state index >= 15 is 0 Å². The zero-order valence-corrected chi connectivity index (χ0v) is 11.5. The van der Waals surface area contributed by atoms with Crippen molar-refractivity contribution in [3.8, 4) is 0 Å². The number of hydrogen-bond donors (Lipinski definition) is 1. The van der Waals surface area contributed by atoms with E-state index in [0.717, 1.165) is 37.4 Å². The first-order valence-corrected chi connectivity index (χ1v) is 6.94. The van der Waals surface area contributed by atoms with E-state index in [2.05, 4.69) is 36.9 Å². The van der Waals surface area contributed by atoms with Crippen LogP contribution in [0.4, 0.5) is 11.4 Å². The predicted molar refractivity (Wildman–Crippen MR) is 77.1 cm³/mol. The molecule has 0 amide bonds. The molecule has 18 heavy (non-hydrogen) atoms. The Bertz CT molecular complexity index is 392. The van der Waals surface area contributed by atoms with E-state index in [-0.39, 0.29) is 0 Å². The fraction of sp³-hybridized carbons (Fsp3) is 0.600. The van der Waals surface area contributed by atoms with E-state index in [1.165, 1.54) is 18.5 Å². The van der Waals surface area contributed by atoms with Crippen LogP contribution >= 0.6 is 0 Å². The molecular weight excluding hydrogens is 224 g/mol. The molecule has 0 aliphatic carbocycles. The minimum absolute atomic E-state index is 0.360. The highest BCUT2D eigenvalue weighted by Crippen LogP contribution is 2.29. The van der Waals surface area contributed by atoms with Crippen molar-refractivity contribution in [2.45, 2.75) is 39.2 Å². The monoisotopic (exact) mass is 248 g/mol. The first-order chi connectivity index (χ1) is 8.72. The van der Waals surface area contributed by atoms with E-state index in [0.29, 0.717) is 6.10 Å². The zero-order valence-electron chi connectivity index (χ0n) is 11.5. The predicted octanol–water partition coefficient (Wildman–Crippen LogP) is 2.97. The van der Waals surface area contributed by atoms with Crippen molar-refractivity contribution < 1.29 is 4.74 Å². The Morgan fingerprint density at radius 2 is 2.28 bits per heavy atom. The van der Waals surface area contributed by atoms with Crippen LogP contribution in [0.2, 0.25) is 0 Å². The molecule has 0 bridgehead atoms. The van der Waals surface area contributed by atoms with Crippen molar-refractivity contribution in [3.63, 3.8) is 0 Å². The van der Waals surface area contributed by atoms with Gasteiger partial charge in [-0.3, -0.25) is 0 Å². The van der Waals surface area contributed by atoms with Gasteiger partial charge in [0.15, 0.2) is 0 Å². The van der Waals surface area contributed by atoms with Gasteiger partial charge in [0.2, 0.25) is 0 Å². The van der Waals surface area contributed by atoms with Crippen molar-refractivity contribution in [2.24, 2.45) is 0 Å². The minimum Gasteiger partial charge on any atom is -0.397 e. The Hall–Kier alpha value is -1.22. The largest absolute Gasteiger partial charge is 0.397 e. The Kier molecular flexibility index (Phi) is 4.48. The number of aryl methyl sites for hydroxylation is 1. The number of hydrogen-bond acceptors (Lipinski definition) is 3. The first-order valence-electron chi connectivity index (χ1n) is 6.94. The molecule has 1 unspecified atom stereocenters. The first kappa shape index (κ1) is 13.2. The number of nitrogens with two attached hydrogens (primary N) is 1. The SMILES string of the molecule is CCCOC1CCCN(c2cccc(C)c2N)C1. The Labute approximate surface area is 110 Å². The topological polar surface area (TPSA) is 38.5 Å². The third-order valence-electron chi connectivity index (χ3n) is 3.58. The molecule has 3 nitrogen and oxygen atoms in total. The van der Waals surface area contributed by atoms with Gasteiger partial charge in [-0.1, -0.05) is 19.1 Å². The Balaban J connectivity index is 2.06. The summed E-state index contributed by atoms with van der Waals surface area (Å²) in [4.78, 5) is 2.37. The number of anilines is 2. The van der Waals surface area contributed by atoms with E-state index in [4.69, 9.17) is 10.5 Å². The summed E-state index contributed by atoms with van der Waals surface area (Å²) >= 11 is 0. The molecule has 0 radical (unpaired) electrons. The number of para-hydroxylation sites is 1. The molecule has 1 saturated heterocycles. The normalized spacial score (nSPS) is 20.1. The van der Waals surface area contributed by atoms with Crippen LogP contribution in [0, 0.1) is 6.92 Å². The van der Waals surface area contributed by atoms with Gasteiger partial charge in [-0.15, -0.1) is 0 Å². The molecule has 1 aromatic carbocycles. The second kappa shape index (κ2) is 6.10. The Morgan fingerprint density at radius 1 is 1.44 bits per heavy atom. The summed E-state index contributed by atoms with van der Waals surface area (Å²) in [5.74, 6) is 0. The highest BCUT2D eigenvalue weighted by molar-refractivity contribution is 5.71. The number of ether oxygens (including phenoxy) is 1. The fourth-order valence-electron chi connectivity index (χ4n) is 2.52. The van der Waals surface area contributed by atoms with Crippen molar-refractivity contribution in [2.75, 3.05) is 30.3 Å². The average molecular weight is 248 g/mol. The number of piperidine rings is 1. The number of benzene rings is 1. The van der Waals surface area contributed by atoms with Crippen LogP contribution in [0.1, 0.15) is 31.7 Å². The fourth-order valence-corrected chi connectivity index (χ4v) is 2.52. The summed E-state index contributed by atoms with van der Waals surface area (Å²) in [5.41, 5.74) is 9.41. The standard InChI is InChI=1S/C15H24N2O/c1-3-10-18-13-7-5-9-17(11-13)14-8-4-6-12(2)15(14)16/h4,6,8,13H,3,5,7,9-11,16H2,1-2H3. The third kappa shape index (κ3) is 2.96. The number of nitrogen functional groups attached to an aromatic ring is 1. The molecule has 0 aromatic heterocycles. The summed E-state index contributed by atoms with van der Waals surface area (Å²) in [6.45, 7) is 7.13. The maximum atomic E-state index is 6.18. The maximum Gasteiger partial charge on any atom is 0.0750 e. The van der Waals surface area contributed by atoms with Gasteiger partial charge in [-0.25, -0.2) is 0 Å². The highest BCUT2D eigenvalue weighted by atomic mass is 16.5. The van der Waals surface area contributed by atoms with E-state index in [1.54, 1.807) is 0 Å². The van der Waals surface area contributed by atoms with Crippen LogP contribution < -0.4 is 10.6 Å². The van der Waals surface area contributed by atoms with E-state index in [9.17, 15) is 0 Å². The molecule has 100 valence electrons. The van der Waals surface area contributed by atoms with Gasteiger partial charge in [0, 0.05) is 19.7 Å². The lowest BCUT2D eigenvalue weighted by Crippen LogP contribution is -2.40. The van der Waals surface area contributed by atoms with Gasteiger partial charge in [0.1, 0.15) is 0 Å². The van der Waals surface area contributed by atoms with Crippen molar-refractivity contribution in [3.05, 3.63) is 23.8 Å². The summed E-state index contributed by atoms with van der Waals surface area (Å²) in [7, 11) is 0. The van der Waals surface area contributed by atoms with Gasteiger partial charge in [-0.05, 0) is 37.8 Å². The molecule has 1 aromatic rings. The van der Waals surface area contributed by atoms with E-state index in [1.807, 2.05) is 0 Å². The van der Waals surface area contributed by atoms with Gasteiger partial charge >= 0.3 is 0 Å². The van der Waals surface area contributed by atoms with Crippen LogP contribution in [0.3, 0.4) is 0 Å². The summed E-state index contributed by atoms with van der Waals surface area (Å²) in [6.07, 6.45) is 3.80. The number of nitrogens with zero attached hydrogens (tertiary/aromatic N) is 1. The Morgan fingerprint density at radius 3 is 3.06 bits per heavy atom. The van der Waals surface area contributed by atoms with Crippen LogP contribution in [0.25, 0.3) is 0 Å². The third-order valence-corrected chi connectivity index (χ3v) is 3.58. The molecule has 2 rings (SSSR count). The maximum absolute atomic E-state index is 6.18. The lowest BCUT2D eigenvalue weighted by Gasteiger charge is -2.35.